The minimum Gasteiger partial charge on any atom is -0.450 e. The Morgan fingerprint density at radius 1 is 0.381 bits per heavy atom. The van der Waals surface area contributed by atoms with Crippen LogP contribution in [0.2, 0.25) is 27.3 Å². The number of furan rings is 4. The van der Waals surface area contributed by atoms with Gasteiger partial charge >= 0.3 is 27.4 Å². The van der Waals surface area contributed by atoms with Gasteiger partial charge in [0.25, 0.3) is 0 Å². The summed E-state index contributed by atoms with van der Waals surface area (Å²) in [6, 6.07) is 35.0. The summed E-state index contributed by atoms with van der Waals surface area (Å²) in [7, 11) is 4.24. The van der Waals surface area contributed by atoms with E-state index in [0.29, 0.717) is 22.9 Å². The molecule has 16 heterocycles. The monoisotopic (exact) mass is 1290 g/mol. The molecule has 0 spiro atoms. The summed E-state index contributed by atoms with van der Waals surface area (Å²) in [6.45, 7) is 23.7. The van der Waals surface area contributed by atoms with Gasteiger partial charge in [0.1, 0.15) is 47.3 Å². The number of hydrogen-bond donors (Lipinski definition) is 0. The van der Waals surface area contributed by atoms with Gasteiger partial charge in [0.2, 0.25) is 22.9 Å². The van der Waals surface area contributed by atoms with E-state index in [1.165, 1.54) is 39.1 Å². The van der Waals surface area contributed by atoms with Crippen molar-refractivity contribution in [3.05, 3.63) is 210 Å². The number of anilines is 3. The molecule has 0 radical (unpaired) electrons. The summed E-state index contributed by atoms with van der Waals surface area (Å²) in [4.78, 5) is 34.6. The SMILES string of the molecule is CB1c2oc3ncccc3c2C=C(C)N1N1C=CN(C)[C@@H]1C.CB1c2oc3ncccc3c2C=C(C)N1N1C=CN(c2ccccc2)[C@@H]1C.CB1c2oc3ncccc3c2C=C(C)N1N1c2ccccc2N(C)[C@@H]1C.[2H]C([2H])([2H])N1C=CN(N2B(C)c3oc4ncccc4c3C=C2C)[C@H]1C. The van der Waals surface area contributed by atoms with E-state index in [9.17, 15) is 0 Å². The number of rotatable bonds is 5. The standard InChI is InChI=1S/C21H21BN4O.C20H21BN4O.2C16H19BN4O/c1-15-14-19-18-10-7-11-23-21(18)27-20(19)22(3)26(15)25-13-12-24(16(25)2)17-8-5-4-6-9-17;1-13-12-16-15-8-7-11-22-20(15)26-19(16)21(3)25(13)24-14(2)23(4)17-9-5-6-10-18(17)24;2*1-11-10-14-13-6-5-7-18-16(13)22-15(14)17(3)21(11)20-9-8-19(4)12(20)2/h4-14,16H,1-3H3;5-12,14H,1-4H3;2*5-10,12H,1-4H3/t16-;14-;2*12-/m0000/s1/i;;4D3;. The van der Waals surface area contributed by atoms with Gasteiger partial charge in [-0.3, -0.25) is 20.0 Å². The second-order valence-electron chi connectivity index (χ2n) is 26.0. The van der Waals surface area contributed by atoms with E-state index in [1.807, 2.05) is 55.3 Å². The van der Waals surface area contributed by atoms with Crippen LogP contribution >= 0.6 is 0 Å². The number of pyridine rings is 4. The maximum absolute atomic E-state index is 7.68. The molecule has 4 atom stereocenters. The van der Waals surface area contributed by atoms with Crippen molar-refractivity contribution in [3.63, 3.8) is 0 Å². The van der Waals surface area contributed by atoms with Crippen LogP contribution in [0.5, 0.6) is 0 Å². The molecule has 24 heteroatoms. The maximum Gasteiger partial charge on any atom is 0.353 e. The summed E-state index contributed by atoms with van der Waals surface area (Å²) in [5.41, 5.74) is 19.3. The van der Waals surface area contributed by atoms with Crippen molar-refractivity contribution in [2.45, 2.75) is 107 Å². The number of allylic oxidation sites excluding steroid dienone is 4. The van der Waals surface area contributed by atoms with Gasteiger partial charge < -0.3 is 56.9 Å². The molecule has 10 aromatic rings. The van der Waals surface area contributed by atoms with E-state index in [0.717, 1.165) is 72.1 Å². The minimum atomic E-state index is -2.17. The first kappa shape index (κ1) is 58.8. The molecule has 20 nitrogen and oxygen atoms in total. The first-order valence-electron chi connectivity index (χ1n) is 34.8. The Balaban J connectivity index is 0.000000109. The Labute approximate surface area is 572 Å². The Kier molecular flexibility index (Phi) is 14.8. The van der Waals surface area contributed by atoms with Crippen LogP contribution in [0.1, 0.15) is 81.8 Å². The third-order valence-corrected chi connectivity index (χ3v) is 20.2. The van der Waals surface area contributed by atoms with Crippen LogP contribution in [0, 0.1) is 0 Å². The van der Waals surface area contributed by atoms with Crippen LogP contribution in [0.15, 0.2) is 206 Å². The second-order valence-corrected chi connectivity index (χ2v) is 26.0. The predicted octanol–water partition coefficient (Wildman–Crippen LogP) is 12.1. The van der Waals surface area contributed by atoms with Crippen molar-refractivity contribution in [2.24, 2.45) is 0 Å². The first-order chi connectivity index (χ1) is 48.1. The molecule has 0 amide bonds. The molecule has 2 aromatic carbocycles. The fraction of sp³-hybridized carbons (Fsp3) is 0.260. The van der Waals surface area contributed by atoms with Gasteiger partial charge in [-0.05, 0) is 152 Å². The number of nitrogens with zero attached hydrogens (tertiary/aromatic N) is 16. The molecule has 0 aliphatic carbocycles. The van der Waals surface area contributed by atoms with Crippen molar-refractivity contribution in [2.75, 3.05) is 35.9 Å². The van der Waals surface area contributed by atoms with Crippen molar-refractivity contribution in [1.29, 1.82) is 0 Å². The Hall–Kier alpha value is -10.8. The quantitative estimate of drug-likeness (QED) is 0.151. The highest BCUT2D eigenvalue weighted by atomic mass is 16.4. The van der Waals surface area contributed by atoms with E-state index < -0.39 is 6.98 Å². The molecule has 0 unspecified atom stereocenters. The van der Waals surface area contributed by atoms with Gasteiger partial charge in [0, 0.05) is 159 Å². The molecular formula is C73H80B4N16O4. The smallest absolute Gasteiger partial charge is 0.353 e. The summed E-state index contributed by atoms with van der Waals surface area (Å²) in [5, 5.41) is 13.1. The number of fused-ring (bicyclic) bond motifs is 13. The lowest BCUT2D eigenvalue weighted by molar-refractivity contribution is 0.0631. The molecule has 0 bridgehead atoms. The van der Waals surface area contributed by atoms with Crippen LogP contribution in [-0.4, -0.2) is 138 Å². The highest BCUT2D eigenvalue weighted by Gasteiger charge is 2.44. The fourth-order valence-corrected chi connectivity index (χ4v) is 15.1. The summed E-state index contributed by atoms with van der Waals surface area (Å²) >= 11 is 0. The van der Waals surface area contributed by atoms with Crippen molar-refractivity contribution >= 4 is 136 Å². The summed E-state index contributed by atoms with van der Waals surface area (Å²) < 4.78 is 47.3. The topological polar surface area (TPSA) is 143 Å². The summed E-state index contributed by atoms with van der Waals surface area (Å²) in [6.07, 6.45) is 28.0. The van der Waals surface area contributed by atoms with Gasteiger partial charge in [0.15, 0.2) is 0 Å². The molecule has 8 aromatic heterocycles. The lowest BCUT2D eigenvalue weighted by Crippen LogP contribution is -2.59. The van der Waals surface area contributed by atoms with E-state index >= 15 is 0 Å². The zero-order valence-electron chi connectivity index (χ0n) is 60.3. The predicted molar refractivity (Wildman–Crippen MR) is 396 cm³/mol. The van der Waals surface area contributed by atoms with Crippen LogP contribution in [0.3, 0.4) is 0 Å². The zero-order chi connectivity index (χ0) is 69.9. The fourth-order valence-electron chi connectivity index (χ4n) is 15.1. The minimum absolute atomic E-state index is 0.0714. The lowest BCUT2D eigenvalue weighted by atomic mass is 9.58. The molecule has 0 saturated carbocycles. The summed E-state index contributed by atoms with van der Waals surface area (Å²) in [5.74, 6) is 0. The van der Waals surface area contributed by atoms with Gasteiger partial charge in [-0.1, -0.05) is 57.6 Å². The molecule has 0 saturated heterocycles. The first-order valence-corrected chi connectivity index (χ1v) is 33.3. The maximum atomic E-state index is 7.68. The van der Waals surface area contributed by atoms with E-state index in [-0.39, 0.29) is 52.1 Å². The molecule has 18 rings (SSSR count). The van der Waals surface area contributed by atoms with E-state index in [1.54, 1.807) is 37.2 Å². The number of para-hydroxylation sites is 3. The molecule has 488 valence electrons. The van der Waals surface area contributed by atoms with Crippen molar-refractivity contribution < 1.29 is 21.8 Å². The molecule has 8 aliphatic heterocycles. The zero-order valence-corrected chi connectivity index (χ0v) is 57.3. The van der Waals surface area contributed by atoms with Crippen molar-refractivity contribution in [3.8, 4) is 0 Å². The van der Waals surface area contributed by atoms with Crippen LogP contribution in [0.25, 0.3) is 68.7 Å². The van der Waals surface area contributed by atoms with E-state index in [2.05, 4.69) is 268 Å². The highest BCUT2D eigenvalue weighted by molar-refractivity contribution is 6.72. The van der Waals surface area contributed by atoms with Gasteiger partial charge in [0.05, 0.1) is 11.4 Å². The number of hydrazine groups is 4. The third kappa shape index (κ3) is 10.3. The van der Waals surface area contributed by atoms with Crippen LogP contribution in [-0.2, 0) is 0 Å². The molecule has 0 fully saturated rings. The average Bonchev–Trinajstić information content (AvgIpc) is 1.53. The van der Waals surface area contributed by atoms with Gasteiger partial charge in [-0.15, -0.1) is 0 Å². The number of aromatic nitrogens is 4. The molecule has 0 N–H and O–H groups in total. The number of hydrogen-bond acceptors (Lipinski definition) is 20. The average molecular weight is 1290 g/mol. The number of benzene rings is 2. The largest absolute Gasteiger partial charge is 0.450 e. The van der Waals surface area contributed by atoms with Crippen LogP contribution in [0.4, 0.5) is 17.1 Å². The Morgan fingerprint density at radius 3 is 1.12 bits per heavy atom. The lowest BCUT2D eigenvalue weighted by Gasteiger charge is -2.43. The third-order valence-electron chi connectivity index (χ3n) is 20.2. The van der Waals surface area contributed by atoms with Gasteiger partial charge in [-0.25, -0.2) is 19.9 Å². The van der Waals surface area contributed by atoms with Crippen LogP contribution < -0.4 is 37.4 Å². The second kappa shape index (κ2) is 24.5. The molecule has 97 heavy (non-hydrogen) atoms. The Morgan fingerprint density at radius 2 is 0.732 bits per heavy atom. The van der Waals surface area contributed by atoms with Gasteiger partial charge in [-0.2, -0.15) is 0 Å². The molecular weight excluding hydrogens is 1210 g/mol. The highest BCUT2D eigenvalue weighted by Crippen LogP contribution is 2.43. The normalized spacial score (nSPS) is 20.5. The Bertz CT molecular complexity index is 5030. The molecule has 8 aliphatic rings. The van der Waals surface area contributed by atoms with E-state index in [4.69, 9.17) is 21.8 Å². The van der Waals surface area contributed by atoms with Crippen molar-refractivity contribution in [1.82, 2.24) is 64.4 Å².